The number of hydrogen-bond donors (Lipinski definition) is 2. The predicted molar refractivity (Wildman–Crippen MR) is 29.6 cm³/mol. The van der Waals surface area contributed by atoms with Crippen LogP contribution in [-0.2, 0) is 0 Å². The summed E-state index contributed by atoms with van der Waals surface area (Å²) in [6, 6.07) is 0. The molecule has 40 valence electrons. The Morgan fingerprint density at radius 2 is 2.00 bits per heavy atom. The third-order valence-electron chi connectivity index (χ3n) is 0.394. The van der Waals surface area contributed by atoms with Gasteiger partial charge in [-0.15, -0.1) is 0 Å². The van der Waals surface area contributed by atoms with E-state index in [0.717, 1.165) is 5.12 Å². The fourth-order valence-electron chi connectivity index (χ4n) is 0.160. The highest BCUT2D eigenvalue weighted by Crippen LogP contribution is 1.68. The second-order valence-corrected chi connectivity index (χ2v) is 1.02. The molecule has 7 heavy (non-hydrogen) atoms. The summed E-state index contributed by atoms with van der Waals surface area (Å²) in [6.07, 6.45) is 4.72. The maximum atomic E-state index is 4.96. The van der Waals surface area contributed by atoms with E-state index in [1.54, 1.807) is 12.2 Å². The monoisotopic (exact) mass is 99.1 g/mol. The largest absolute Gasteiger partial charge is 0.254 e. The fraction of sp³-hybridized carbons (Fsp3) is 0. The Hall–Kier alpha value is -0.800. The molecule has 0 fully saturated rings. The molecule has 0 spiro atoms. The topological polar surface area (TPSA) is 55.3 Å². The van der Waals surface area contributed by atoms with Gasteiger partial charge < -0.3 is 0 Å². The number of allylic oxidation sites excluding steroid dienone is 2. The van der Waals surface area contributed by atoms with Gasteiger partial charge in [0.05, 0.1) is 0 Å². The average molecular weight is 99.1 g/mol. The van der Waals surface area contributed by atoms with E-state index in [4.69, 9.17) is 11.7 Å². The van der Waals surface area contributed by atoms with Crippen LogP contribution < -0.4 is 11.7 Å². The van der Waals surface area contributed by atoms with Gasteiger partial charge in [-0.2, -0.15) is 0 Å². The van der Waals surface area contributed by atoms with Gasteiger partial charge in [-0.25, -0.2) is 11.7 Å². The summed E-state index contributed by atoms with van der Waals surface area (Å²) in [7, 11) is 0. The maximum absolute atomic E-state index is 4.96. The van der Waals surface area contributed by atoms with Crippen LogP contribution in [0.2, 0.25) is 0 Å². The van der Waals surface area contributed by atoms with Gasteiger partial charge in [-0.1, -0.05) is 12.7 Å². The maximum Gasteiger partial charge on any atom is 0.0335 e. The third kappa shape index (κ3) is 5.20. The van der Waals surface area contributed by atoms with Crippen molar-refractivity contribution in [1.82, 2.24) is 5.12 Å². The van der Waals surface area contributed by atoms with Gasteiger partial charge in [0, 0.05) is 6.20 Å². The number of nitrogens with zero attached hydrogens (tertiary/aromatic N) is 1. The lowest BCUT2D eigenvalue weighted by atomic mass is 10.6. The summed E-state index contributed by atoms with van der Waals surface area (Å²) in [4.78, 5) is 0. The molecule has 0 aromatic rings. The summed E-state index contributed by atoms with van der Waals surface area (Å²) in [6.45, 7) is 3.41. The lowest BCUT2D eigenvalue weighted by molar-refractivity contribution is 0.415. The van der Waals surface area contributed by atoms with E-state index in [9.17, 15) is 0 Å². The summed E-state index contributed by atoms with van der Waals surface area (Å²) < 4.78 is 0. The van der Waals surface area contributed by atoms with E-state index in [1.807, 2.05) is 0 Å². The summed E-state index contributed by atoms with van der Waals surface area (Å²) in [5, 5.41) is 0.960. The molecule has 0 amide bonds. The van der Waals surface area contributed by atoms with Gasteiger partial charge in [0.1, 0.15) is 0 Å². The number of nitrogens with two attached hydrogens (primary N) is 2. The van der Waals surface area contributed by atoms with Crippen LogP contribution in [0.5, 0.6) is 0 Å². The van der Waals surface area contributed by atoms with Crippen molar-refractivity contribution in [3.05, 3.63) is 24.9 Å². The van der Waals surface area contributed by atoms with E-state index in [1.165, 1.54) is 6.20 Å². The van der Waals surface area contributed by atoms with E-state index in [0.29, 0.717) is 0 Å². The lowest BCUT2D eigenvalue weighted by Gasteiger charge is -1.99. The lowest BCUT2D eigenvalue weighted by Crippen LogP contribution is -2.31. The standard InChI is InChI=1S/C4H9N3/c1-2-3-4-7(5)6/h2-4H,1,5-6H2/b4-3-. The zero-order chi connectivity index (χ0) is 5.70. The molecule has 0 saturated carbocycles. The molecule has 0 bridgehead atoms. The molecule has 0 aliphatic heterocycles. The molecule has 0 aromatic carbocycles. The van der Waals surface area contributed by atoms with Gasteiger partial charge in [-0.3, -0.25) is 5.12 Å². The van der Waals surface area contributed by atoms with Crippen molar-refractivity contribution in [3.8, 4) is 0 Å². The Labute approximate surface area is 42.8 Å². The first-order valence-electron chi connectivity index (χ1n) is 1.85. The van der Waals surface area contributed by atoms with E-state index >= 15 is 0 Å². The molecule has 0 rings (SSSR count). The Kier molecular flexibility index (Phi) is 3.00. The Morgan fingerprint density at radius 3 is 2.14 bits per heavy atom. The summed E-state index contributed by atoms with van der Waals surface area (Å²) >= 11 is 0. The van der Waals surface area contributed by atoms with Crippen molar-refractivity contribution < 1.29 is 0 Å². The number of rotatable bonds is 2. The van der Waals surface area contributed by atoms with E-state index < -0.39 is 0 Å². The van der Waals surface area contributed by atoms with Crippen molar-refractivity contribution in [3.63, 3.8) is 0 Å². The van der Waals surface area contributed by atoms with Crippen molar-refractivity contribution >= 4 is 0 Å². The van der Waals surface area contributed by atoms with Gasteiger partial charge >= 0.3 is 0 Å². The van der Waals surface area contributed by atoms with Gasteiger partial charge in [0.25, 0.3) is 0 Å². The Balaban J connectivity index is 3.25. The molecule has 0 atom stereocenters. The molecule has 3 nitrogen and oxygen atoms in total. The van der Waals surface area contributed by atoms with Crippen LogP contribution in [-0.4, -0.2) is 5.12 Å². The Morgan fingerprint density at radius 1 is 1.43 bits per heavy atom. The van der Waals surface area contributed by atoms with Crippen LogP contribution in [0.15, 0.2) is 24.9 Å². The molecular formula is C4H9N3. The SMILES string of the molecule is C=C/C=C\N(N)N. The molecule has 0 radical (unpaired) electrons. The molecule has 0 aromatic heterocycles. The van der Waals surface area contributed by atoms with Crippen LogP contribution in [0, 0.1) is 0 Å². The smallest absolute Gasteiger partial charge is 0.0335 e. The van der Waals surface area contributed by atoms with Crippen LogP contribution in [0.25, 0.3) is 0 Å². The Bertz CT molecular complexity index is 75.0. The number of hydrogen-bond acceptors (Lipinski definition) is 3. The van der Waals surface area contributed by atoms with Gasteiger partial charge in [0.15, 0.2) is 0 Å². The molecular weight excluding hydrogens is 90.1 g/mol. The van der Waals surface area contributed by atoms with E-state index in [2.05, 4.69) is 6.58 Å². The molecule has 4 N–H and O–H groups in total. The molecule has 0 aliphatic rings. The second-order valence-electron chi connectivity index (χ2n) is 1.02. The van der Waals surface area contributed by atoms with E-state index in [-0.39, 0.29) is 0 Å². The minimum Gasteiger partial charge on any atom is -0.254 e. The zero-order valence-corrected chi connectivity index (χ0v) is 4.04. The van der Waals surface area contributed by atoms with Crippen molar-refractivity contribution in [2.75, 3.05) is 0 Å². The fourth-order valence-corrected chi connectivity index (χ4v) is 0.160. The first-order chi connectivity index (χ1) is 3.27. The van der Waals surface area contributed by atoms with Crippen LogP contribution in [0.3, 0.4) is 0 Å². The number of hydrazine groups is 2. The van der Waals surface area contributed by atoms with Gasteiger partial charge in [-0.05, 0) is 6.08 Å². The minimum atomic E-state index is 0.960. The van der Waals surface area contributed by atoms with Crippen molar-refractivity contribution in [2.24, 2.45) is 11.7 Å². The summed E-state index contributed by atoms with van der Waals surface area (Å²) in [5.74, 6) is 9.91. The second kappa shape index (κ2) is 3.39. The molecule has 3 heteroatoms. The van der Waals surface area contributed by atoms with Crippen LogP contribution >= 0.6 is 0 Å². The molecule has 0 aliphatic carbocycles. The van der Waals surface area contributed by atoms with Crippen LogP contribution in [0.4, 0.5) is 0 Å². The minimum absolute atomic E-state index is 0.960. The van der Waals surface area contributed by atoms with Gasteiger partial charge in [0.2, 0.25) is 0 Å². The highest BCUT2D eigenvalue weighted by molar-refractivity contribution is 4.94. The predicted octanol–water partition coefficient (Wildman–Crippen LogP) is -0.265. The zero-order valence-electron chi connectivity index (χ0n) is 4.04. The molecule has 0 saturated heterocycles. The van der Waals surface area contributed by atoms with Crippen molar-refractivity contribution in [2.45, 2.75) is 0 Å². The van der Waals surface area contributed by atoms with Crippen LogP contribution in [0.1, 0.15) is 0 Å². The quantitative estimate of drug-likeness (QED) is 0.285. The first kappa shape index (κ1) is 6.20. The highest BCUT2D eigenvalue weighted by Gasteiger charge is 1.67. The molecule has 0 unspecified atom stereocenters. The highest BCUT2D eigenvalue weighted by atomic mass is 15.6. The summed E-state index contributed by atoms with van der Waals surface area (Å²) in [5.41, 5.74) is 0. The average Bonchev–Trinajstić information content (AvgIpc) is 1.61. The normalized spacial score (nSPS) is 9.43. The van der Waals surface area contributed by atoms with Crippen molar-refractivity contribution in [1.29, 1.82) is 0 Å². The first-order valence-corrected chi connectivity index (χ1v) is 1.85. The molecule has 0 heterocycles. The third-order valence-corrected chi connectivity index (χ3v) is 0.394.